The van der Waals surface area contributed by atoms with Gasteiger partial charge < -0.3 is 0 Å². The lowest BCUT2D eigenvalue weighted by Crippen LogP contribution is -2.30. The Hall–Kier alpha value is -1.07. The summed E-state index contributed by atoms with van der Waals surface area (Å²) in [7, 11) is -3.62. The van der Waals surface area contributed by atoms with Gasteiger partial charge in [-0.2, -0.15) is 0 Å². The monoisotopic (exact) mass is 273 g/mol. The van der Waals surface area contributed by atoms with Crippen molar-refractivity contribution in [2.75, 3.05) is 4.72 Å². The lowest BCUT2D eigenvalue weighted by atomic mass is 10.3. The Labute approximate surface area is 105 Å². The number of halogens is 1. The molecule has 0 amide bonds. The minimum Gasteiger partial charge on any atom is -0.298 e. The maximum absolute atomic E-state index is 11.9. The zero-order valence-electron chi connectivity index (χ0n) is 9.02. The number of anilines is 1. The summed E-state index contributed by atoms with van der Waals surface area (Å²) in [6.45, 7) is 0. The standard InChI is InChI=1S/C11H12ClNO3S/c12-8-4-6-9(7-5-8)13-17(15,16)11-3-1-2-10(11)14/h4-7,11,13H,1-3H2. The van der Waals surface area contributed by atoms with E-state index in [1.54, 1.807) is 24.3 Å². The highest BCUT2D eigenvalue weighted by Gasteiger charge is 2.35. The molecule has 0 bridgehead atoms. The van der Waals surface area contributed by atoms with E-state index in [4.69, 9.17) is 11.6 Å². The molecule has 0 radical (unpaired) electrons. The molecule has 1 atom stereocenters. The molecule has 6 heteroatoms. The maximum Gasteiger partial charge on any atom is 0.242 e. The first-order chi connectivity index (χ1) is 7.99. The van der Waals surface area contributed by atoms with E-state index >= 15 is 0 Å². The van der Waals surface area contributed by atoms with Gasteiger partial charge in [0.2, 0.25) is 10.0 Å². The second-order valence-electron chi connectivity index (χ2n) is 4.00. The summed E-state index contributed by atoms with van der Waals surface area (Å²) in [6, 6.07) is 6.32. The van der Waals surface area contributed by atoms with Crippen molar-refractivity contribution in [1.29, 1.82) is 0 Å². The molecule has 1 unspecified atom stereocenters. The van der Waals surface area contributed by atoms with Crippen LogP contribution in [0.1, 0.15) is 19.3 Å². The van der Waals surface area contributed by atoms with Gasteiger partial charge in [-0.25, -0.2) is 8.42 Å². The second-order valence-corrected chi connectivity index (χ2v) is 6.30. The van der Waals surface area contributed by atoms with Crippen LogP contribution < -0.4 is 4.72 Å². The normalized spacial score (nSPS) is 20.5. The van der Waals surface area contributed by atoms with Crippen LogP contribution in [0.2, 0.25) is 5.02 Å². The van der Waals surface area contributed by atoms with E-state index < -0.39 is 15.3 Å². The van der Waals surface area contributed by atoms with Gasteiger partial charge in [0.25, 0.3) is 0 Å². The Balaban J connectivity index is 2.17. The van der Waals surface area contributed by atoms with Crippen LogP contribution in [-0.4, -0.2) is 19.5 Å². The molecule has 0 aliphatic heterocycles. The molecule has 1 aliphatic rings. The first-order valence-corrected chi connectivity index (χ1v) is 7.21. The van der Waals surface area contributed by atoms with Crippen LogP contribution in [0.5, 0.6) is 0 Å². The van der Waals surface area contributed by atoms with E-state index in [0.717, 1.165) is 0 Å². The number of carbonyl (C=O) groups is 1. The van der Waals surface area contributed by atoms with E-state index in [1.807, 2.05) is 0 Å². The molecule has 4 nitrogen and oxygen atoms in total. The van der Waals surface area contributed by atoms with E-state index in [0.29, 0.717) is 30.0 Å². The smallest absolute Gasteiger partial charge is 0.242 e. The number of hydrogen-bond acceptors (Lipinski definition) is 3. The molecule has 1 aromatic carbocycles. The van der Waals surface area contributed by atoms with Crippen molar-refractivity contribution in [2.24, 2.45) is 0 Å². The molecule has 0 saturated heterocycles. The SMILES string of the molecule is O=C1CCCC1S(=O)(=O)Nc1ccc(Cl)cc1. The van der Waals surface area contributed by atoms with Crippen molar-refractivity contribution in [1.82, 2.24) is 0 Å². The Morgan fingerprint density at radius 2 is 1.88 bits per heavy atom. The van der Waals surface area contributed by atoms with Gasteiger partial charge in [0.1, 0.15) is 5.25 Å². The molecule has 0 heterocycles. The maximum atomic E-state index is 11.9. The molecule has 1 aliphatic carbocycles. The van der Waals surface area contributed by atoms with Gasteiger partial charge in [-0.1, -0.05) is 11.6 Å². The van der Waals surface area contributed by atoms with Crippen molar-refractivity contribution in [3.05, 3.63) is 29.3 Å². The molecule has 1 aromatic rings. The Kier molecular flexibility index (Phi) is 3.40. The summed E-state index contributed by atoms with van der Waals surface area (Å²) in [5.41, 5.74) is 0.425. The lowest BCUT2D eigenvalue weighted by Gasteiger charge is -2.12. The average Bonchev–Trinajstić information content (AvgIpc) is 2.68. The molecule has 0 spiro atoms. The van der Waals surface area contributed by atoms with Gasteiger partial charge in [-0.15, -0.1) is 0 Å². The van der Waals surface area contributed by atoms with Gasteiger partial charge >= 0.3 is 0 Å². The number of sulfonamides is 1. The molecule has 2 rings (SSSR count). The van der Waals surface area contributed by atoms with Crippen LogP contribution in [0.15, 0.2) is 24.3 Å². The molecular formula is C11H12ClNO3S. The van der Waals surface area contributed by atoms with Crippen molar-refractivity contribution in [3.63, 3.8) is 0 Å². The average molecular weight is 274 g/mol. The minimum absolute atomic E-state index is 0.202. The van der Waals surface area contributed by atoms with Gasteiger partial charge in [0.05, 0.1) is 0 Å². The predicted octanol–water partition coefficient (Wildman–Crippen LogP) is 2.20. The van der Waals surface area contributed by atoms with Crippen LogP contribution in [-0.2, 0) is 14.8 Å². The second kappa shape index (κ2) is 4.66. The number of hydrogen-bond donors (Lipinski definition) is 1. The third kappa shape index (κ3) is 2.79. The molecule has 1 N–H and O–H groups in total. The van der Waals surface area contributed by atoms with Crippen LogP contribution in [0.25, 0.3) is 0 Å². The first-order valence-electron chi connectivity index (χ1n) is 5.29. The summed E-state index contributed by atoms with van der Waals surface area (Å²) in [5.74, 6) is -0.202. The topological polar surface area (TPSA) is 63.2 Å². The van der Waals surface area contributed by atoms with Gasteiger partial charge in [0, 0.05) is 17.1 Å². The zero-order valence-corrected chi connectivity index (χ0v) is 10.6. The zero-order chi connectivity index (χ0) is 12.5. The molecule has 0 aromatic heterocycles. The van der Waals surface area contributed by atoms with Crippen LogP contribution in [0.3, 0.4) is 0 Å². The highest BCUT2D eigenvalue weighted by molar-refractivity contribution is 7.94. The first kappa shape index (κ1) is 12.4. The van der Waals surface area contributed by atoms with Gasteiger partial charge in [0.15, 0.2) is 5.78 Å². The number of rotatable bonds is 3. The van der Waals surface area contributed by atoms with Crippen LogP contribution >= 0.6 is 11.6 Å². The minimum atomic E-state index is -3.62. The summed E-state index contributed by atoms with van der Waals surface area (Å²) in [6.07, 6.45) is 1.40. The lowest BCUT2D eigenvalue weighted by molar-refractivity contribution is -0.117. The third-order valence-electron chi connectivity index (χ3n) is 2.73. The fourth-order valence-electron chi connectivity index (χ4n) is 1.87. The molecular weight excluding hydrogens is 262 g/mol. The summed E-state index contributed by atoms with van der Waals surface area (Å²) in [4.78, 5) is 11.4. The number of benzene rings is 1. The number of ketones is 1. The molecule has 1 fully saturated rings. The molecule has 92 valence electrons. The number of carbonyl (C=O) groups excluding carboxylic acids is 1. The van der Waals surface area contributed by atoms with Gasteiger partial charge in [-0.3, -0.25) is 9.52 Å². The van der Waals surface area contributed by atoms with Crippen molar-refractivity contribution >= 4 is 33.1 Å². The quantitative estimate of drug-likeness (QED) is 0.918. The Morgan fingerprint density at radius 3 is 2.41 bits per heavy atom. The van der Waals surface area contributed by atoms with Crippen molar-refractivity contribution in [2.45, 2.75) is 24.5 Å². The van der Waals surface area contributed by atoms with E-state index in [-0.39, 0.29) is 5.78 Å². The highest BCUT2D eigenvalue weighted by Crippen LogP contribution is 2.24. The number of Topliss-reactive ketones (excluding diaryl/α,β-unsaturated/α-hetero) is 1. The fourth-order valence-corrected chi connectivity index (χ4v) is 3.54. The number of nitrogens with one attached hydrogen (secondary N) is 1. The van der Waals surface area contributed by atoms with E-state index in [2.05, 4.69) is 4.72 Å². The molecule has 1 saturated carbocycles. The summed E-state index contributed by atoms with van der Waals surface area (Å²) in [5, 5.41) is -0.372. The third-order valence-corrected chi connectivity index (χ3v) is 4.75. The predicted molar refractivity (Wildman–Crippen MR) is 66.6 cm³/mol. The van der Waals surface area contributed by atoms with Crippen LogP contribution in [0.4, 0.5) is 5.69 Å². The van der Waals surface area contributed by atoms with Crippen molar-refractivity contribution in [3.8, 4) is 0 Å². The summed E-state index contributed by atoms with van der Waals surface area (Å²) >= 11 is 5.70. The van der Waals surface area contributed by atoms with Gasteiger partial charge in [-0.05, 0) is 37.1 Å². The van der Waals surface area contributed by atoms with Crippen molar-refractivity contribution < 1.29 is 13.2 Å². The Bertz CT molecular complexity index is 524. The Morgan fingerprint density at radius 1 is 1.24 bits per heavy atom. The fraction of sp³-hybridized carbons (Fsp3) is 0.364. The molecule has 17 heavy (non-hydrogen) atoms. The van der Waals surface area contributed by atoms with E-state index in [1.165, 1.54) is 0 Å². The largest absolute Gasteiger partial charge is 0.298 e. The van der Waals surface area contributed by atoms with Crippen LogP contribution in [0, 0.1) is 0 Å². The van der Waals surface area contributed by atoms with E-state index in [9.17, 15) is 13.2 Å². The summed E-state index contributed by atoms with van der Waals surface area (Å²) < 4.78 is 26.3. The highest BCUT2D eigenvalue weighted by atomic mass is 35.5.